The van der Waals surface area contributed by atoms with Gasteiger partial charge in [0.1, 0.15) is 12.4 Å². The lowest BCUT2D eigenvalue weighted by Crippen LogP contribution is -2.28. The topological polar surface area (TPSA) is 53.4 Å². The summed E-state index contributed by atoms with van der Waals surface area (Å²) >= 11 is 19.5. The highest BCUT2D eigenvalue weighted by Crippen LogP contribution is 2.37. The predicted octanol–water partition coefficient (Wildman–Crippen LogP) is 7.59. The van der Waals surface area contributed by atoms with Crippen molar-refractivity contribution in [1.82, 2.24) is 0 Å². The zero-order valence-corrected chi connectivity index (χ0v) is 19.9. The number of nitrogens with one attached hydrogen (secondary N) is 1. The molecule has 32 heavy (non-hydrogen) atoms. The molecule has 1 aliphatic heterocycles. The number of amides is 1. The zero-order chi connectivity index (χ0) is 22.8. The second-order valence-electron chi connectivity index (χ2n) is 7.05. The van der Waals surface area contributed by atoms with Gasteiger partial charge in [-0.25, -0.2) is 0 Å². The molecule has 162 valence electrons. The van der Waals surface area contributed by atoms with Crippen LogP contribution in [0, 0.1) is 12.3 Å². The van der Waals surface area contributed by atoms with Gasteiger partial charge in [-0.1, -0.05) is 65.1 Å². The Hall–Kier alpha value is -2.44. The molecule has 0 aliphatic carbocycles. The highest BCUT2D eigenvalue weighted by Gasteiger charge is 2.34. The molecule has 3 aromatic carbocycles. The average molecular weight is 504 g/mol. The maximum absolute atomic E-state index is 13.1. The summed E-state index contributed by atoms with van der Waals surface area (Å²) in [6.07, 6.45) is 1.73. The summed E-state index contributed by atoms with van der Waals surface area (Å²) in [6, 6.07) is 17.9. The Labute approximate surface area is 205 Å². The molecule has 1 amide bonds. The molecule has 4 nitrogen and oxygen atoms in total. The van der Waals surface area contributed by atoms with Gasteiger partial charge in [0.2, 0.25) is 0 Å². The number of para-hydroxylation sites is 1. The molecule has 0 spiro atoms. The van der Waals surface area contributed by atoms with Crippen LogP contribution >= 0.6 is 46.6 Å². The van der Waals surface area contributed by atoms with Gasteiger partial charge < -0.3 is 4.74 Å². The second-order valence-corrected chi connectivity index (χ2v) is 9.33. The van der Waals surface area contributed by atoms with Gasteiger partial charge in [-0.3, -0.25) is 15.1 Å². The smallest absolute Gasteiger partial charge is 0.271 e. The summed E-state index contributed by atoms with van der Waals surface area (Å²) in [5, 5.41) is 10.1. The van der Waals surface area contributed by atoms with E-state index in [0.717, 1.165) is 28.5 Å². The van der Waals surface area contributed by atoms with Crippen LogP contribution < -0.4 is 9.64 Å². The molecule has 1 saturated heterocycles. The van der Waals surface area contributed by atoms with Gasteiger partial charge in [0.25, 0.3) is 5.91 Å². The molecule has 3 aromatic rings. The Morgan fingerprint density at radius 1 is 1.03 bits per heavy atom. The fourth-order valence-electron chi connectivity index (χ4n) is 3.11. The number of benzene rings is 3. The fraction of sp³-hybridized carbons (Fsp3) is 0.0833. The number of aryl methyl sites for hydroxylation is 1. The second kappa shape index (κ2) is 9.59. The molecule has 0 unspecified atom stereocenters. The van der Waals surface area contributed by atoms with E-state index in [2.05, 4.69) is 0 Å². The molecule has 0 aromatic heterocycles. The normalized spacial score (nSPS) is 15.0. The summed E-state index contributed by atoms with van der Waals surface area (Å²) in [4.78, 5) is 14.8. The van der Waals surface area contributed by atoms with E-state index in [9.17, 15) is 4.79 Å². The average Bonchev–Trinajstić information content (AvgIpc) is 3.03. The SMILES string of the molecule is Cc1ccc(N2C(=N)S/C(=C/c3ccccc3OCc3ccc(Cl)cc3Cl)C2=O)cc1Cl. The van der Waals surface area contributed by atoms with Crippen LogP contribution in [-0.4, -0.2) is 11.1 Å². The summed E-state index contributed by atoms with van der Waals surface area (Å²) in [5.41, 5.74) is 3.00. The number of nitrogens with zero attached hydrogens (tertiary/aromatic N) is 1. The molecule has 0 saturated carbocycles. The number of ether oxygens (including phenoxy) is 1. The van der Waals surface area contributed by atoms with Crippen molar-refractivity contribution in [2.45, 2.75) is 13.5 Å². The lowest BCUT2D eigenvalue weighted by atomic mass is 10.1. The third-order valence-corrected chi connectivity index (χ3v) is 6.72. The van der Waals surface area contributed by atoms with E-state index in [1.165, 1.54) is 4.90 Å². The van der Waals surface area contributed by atoms with Gasteiger partial charge >= 0.3 is 0 Å². The van der Waals surface area contributed by atoms with E-state index in [4.69, 9.17) is 44.9 Å². The number of thioether (sulfide) groups is 1. The maximum Gasteiger partial charge on any atom is 0.271 e. The number of rotatable bonds is 5. The van der Waals surface area contributed by atoms with Crippen LogP contribution in [0.25, 0.3) is 6.08 Å². The number of amidine groups is 1. The molecular formula is C24H17Cl3N2O2S. The first-order valence-corrected chi connectivity index (χ1v) is 11.5. The quantitative estimate of drug-likeness (QED) is 0.365. The Bertz CT molecular complexity index is 1260. The van der Waals surface area contributed by atoms with Crippen LogP contribution in [0.15, 0.2) is 65.6 Å². The first-order valence-electron chi connectivity index (χ1n) is 9.58. The summed E-state index contributed by atoms with van der Waals surface area (Å²) in [6.45, 7) is 2.14. The van der Waals surface area contributed by atoms with Crippen molar-refractivity contribution in [2.75, 3.05) is 4.90 Å². The van der Waals surface area contributed by atoms with Gasteiger partial charge in [0.05, 0.1) is 10.6 Å². The highest BCUT2D eigenvalue weighted by atomic mass is 35.5. The van der Waals surface area contributed by atoms with E-state index in [1.54, 1.807) is 30.3 Å². The minimum Gasteiger partial charge on any atom is -0.488 e. The van der Waals surface area contributed by atoms with Crippen molar-refractivity contribution < 1.29 is 9.53 Å². The minimum absolute atomic E-state index is 0.118. The predicted molar refractivity (Wildman–Crippen MR) is 134 cm³/mol. The lowest BCUT2D eigenvalue weighted by Gasteiger charge is -2.15. The highest BCUT2D eigenvalue weighted by molar-refractivity contribution is 8.19. The fourth-order valence-corrected chi connectivity index (χ4v) is 4.60. The molecule has 0 radical (unpaired) electrons. The van der Waals surface area contributed by atoms with Crippen LogP contribution in [0.2, 0.25) is 15.1 Å². The van der Waals surface area contributed by atoms with Crippen molar-refractivity contribution >= 4 is 69.4 Å². The van der Waals surface area contributed by atoms with Gasteiger partial charge in [-0.15, -0.1) is 0 Å². The first kappa shape index (κ1) is 22.7. The number of hydrogen-bond acceptors (Lipinski definition) is 4. The van der Waals surface area contributed by atoms with E-state index in [1.807, 2.05) is 43.3 Å². The van der Waals surface area contributed by atoms with Crippen LogP contribution in [0.5, 0.6) is 5.75 Å². The van der Waals surface area contributed by atoms with Crippen molar-refractivity contribution in [3.8, 4) is 5.75 Å². The largest absolute Gasteiger partial charge is 0.488 e. The summed E-state index contributed by atoms with van der Waals surface area (Å²) in [7, 11) is 0. The molecule has 0 atom stereocenters. The number of carbonyl (C=O) groups excluding carboxylic acids is 1. The Morgan fingerprint density at radius 2 is 1.81 bits per heavy atom. The van der Waals surface area contributed by atoms with Crippen molar-refractivity contribution in [3.63, 3.8) is 0 Å². The van der Waals surface area contributed by atoms with Gasteiger partial charge in [-0.05, 0) is 60.7 Å². The molecule has 1 fully saturated rings. The van der Waals surface area contributed by atoms with Crippen LogP contribution in [0.1, 0.15) is 16.7 Å². The van der Waals surface area contributed by atoms with Gasteiger partial charge in [0, 0.05) is 26.2 Å². The van der Waals surface area contributed by atoms with E-state index in [0.29, 0.717) is 31.4 Å². The lowest BCUT2D eigenvalue weighted by molar-refractivity contribution is -0.113. The zero-order valence-electron chi connectivity index (χ0n) is 16.9. The molecule has 8 heteroatoms. The Morgan fingerprint density at radius 3 is 2.56 bits per heavy atom. The first-order chi connectivity index (χ1) is 15.3. The van der Waals surface area contributed by atoms with Crippen molar-refractivity contribution in [2.24, 2.45) is 0 Å². The van der Waals surface area contributed by atoms with E-state index in [-0.39, 0.29) is 17.7 Å². The third-order valence-electron chi connectivity index (χ3n) is 4.84. The number of anilines is 1. The van der Waals surface area contributed by atoms with Gasteiger partial charge in [0.15, 0.2) is 5.17 Å². The van der Waals surface area contributed by atoms with Crippen LogP contribution in [0.3, 0.4) is 0 Å². The summed E-state index contributed by atoms with van der Waals surface area (Å²) < 4.78 is 5.98. The van der Waals surface area contributed by atoms with Crippen molar-refractivity contribution in [3.05, 3.63) is 97.3 Å². The summed E-state index contributed by atoms with van der Waals surface area (Å²) in [5.74, 6) is 0.318. The monoisotopic (exact) mass is 502 g/mol. The molecule has 1 N–H and O–H groups in total. The molecule has 0 bridgehead atoms. The Kier molecular flexibility index (Phi) is 6.82. The number of hydrogen-bond donors (Lipinski definition) is 1. The minimum atomic E-state index is -0.282. The van der Waals surface area contributed by atoms with Crippen LogP contribution in [0.4, 0.5) is 5.69 Å². The molecule has 1 heterocycles. The maximum atomic E-state index is 13.1. The van der Waals surface area contributed by atoms with E-state index >= 15 is 0 Å². The molecule has 1 aliphatic rings. The molecular weight excluding hydrogens is 487 g/mol. The third kappa shape index (κ3) is 4.81. The van der Waals surface area contributed by atoms with E-state index < -0.39 is 0 Å². The van der Waals surface area contributed by atoms with Crippen LogP contribution in [-0.2, 0) is 11.4 Å². The molecule has 4 rings (SSSR count). The Balaban J connectivity index is 1.58. The number of carbonyl (C=O) groups is 1. The van der Waals surface area contributed by atoms with Crippen molar-refractivity contribution in [1.29, 1.82) is 5.41 Å². The standard InChI is InChI=1S/C24H17Cl3N2O2S/c1-14-6-9-18(12-19(14)26)29-23(30)22(32-24(29)28)10-15-4-2-3-5-21(15)31-13-16-7-8-17(25)11-20(16)27/h2-12,28H,13H2,1H3/b22-10+,28-24?. The number of halogens is 3. The van der Waals surface area contributed by atoms with Gasteiger partial charge in [-0.2, -0.15) is 0 Å².